The molecule has 0 atom stereocenters. The summed E-state index contributed by atoms with van der Waals surface area (Å²) in [6, 6.07) is 17.2. The van der Waals surface area contributed by atoms with Gasteiger partial charge in [-0.3, -0.25) is 14.8 Å². The van der Waals surface area contributed by atoms with Gasteiger partial charge in [0.25, 0.3) is 5.91 Å². The minimum Gasteiger partial charge on any atom is -0.475 e. The number of halogens is 3. The second-order valence-corrected chi connectivity index (χ2v) is 7.13. The minimum absolute atomic E-state index is 0.0484. The van der Waals surface area contributed by atoms with Crippen molar-refractivity contribution in [1.82, 2.24) is 19.9 Å². The molecule has 3 heterocycles. The highest BCUT2D eigenvalue weighted by Gasteiger charge is 2.38. The predicted molar refractivity (Wildman–Crippen MR) is 119 cm³/mol. The van der Waals surface area contributed by atoms with Crippen molar-refractivity contribution in [3.8, 4) is 11.3 Å². The van der Waals surface area contributed by atoms with Crippen molar-refractivity contribution < 1.29 is 27.9 Å². The number of aromatic nitrogens is 3. The summed E-state index contributed by atoms with van der Waals surface area (Å²) in [7, 11) is 1.80. The molecule has 1 amide bonds. The molecule has 0 aliphatic rings. The number of alkyl halides is 3. The molecule has 0 fully saturated rings. The molecule has 7 nitrogen and oxygen atoms in total. The summed E-state index contributed by atoms with van der Waals surface area (Å²) in [5.41, 5.74) is 4.11. The van der Waals surface area contributed by atoms with E-state index in [9.17, 15) is 18.0 Å². The smallest absolute Gasteiger partial charge is 0.475 e. The molecule has 0 saturated carbocycles. The second-order valence-electron chi connectivity index (χ2n) is 7.13. The van der Waals surface area contributed by atoms with Crippen LogP contribution in [0.15, 0.2) is 79.4 Å². The van der Waals surface area contributed by atoms with Crippen LogP contribution in [-0.2, 0) is 11.3 Å². The molecule has 0 aliphatic carbocycles. The Morgan fingerprint density at radius 3 is 2.26 bits per heavy atom. The molecular weight excluding hydrogens is 449 g/mol. The Balaban J connectivity index is 0.000000406. The number of para-hydroxylation sites is 1. The molecule has 4 aromatic rings. The van der Waals surface area contributed by atoms with Crippen LogP contribution in [0.2, 0.25) is 0 Å². The fraction of sp³-hybridized carbons (Fsp3) is 0.125. The summed E-state index contributed by atoms with van der Waals surface area (Å²) < 4.78 is 31.7. The Hall–Kier alpha value is -4.34. The summed E-state index contributed by atoms with van der Waals surface area (Å²) in [5, 5.41) is 7.97. The van der Waals surface area contributed by atoms with Crippen LogP contribution in [0, 0.1) is 0 Å². The summed E-state index contributed by atoms with van der Waals surface area (Å²) in [4.78, 5) is 36.7. The fourth-order valence-electron chi connectivity index (χ4n) is 3.07. The quantitative estimate of drug-likeness (QED) is 0.470. The molecule has 4 rings (SSSR count). The van der Waals surface area contributed by atoms with Crippen molar-refractivity contribution in [2.75, 3.05) is 7.05 Å². The first-order valence-electron chi connectivity index (χ1n) is 9.91. The molecule has 0 unspecified atom stereocenters. The zero-order valence-corrected chi connectivity index (χ0v) is 17.9. The Labute approximate surface area is 192 Å². The second kappa shape index (κ2) is 10.5. The van der Waals surface area contributed by atoms with Crippen LogP contribution in [0.5, 0.6) is 0 Å². The number of carboxylic acids is 1. The Morgan fingerprint density at radius 2 is 1.65 bits per heavy atom. The molecular formula is C24H19F3N4O3. The van der Waals surface area contributed by atoms with E-state index in [-0.39, 0.29) is 5.91 Å². The molecule has 0 bridgehead atoms. The lowest BCUT2D eigenvalue weighted by molar-refractivity contribution is -0.192. The largest absolute Gasteiger partial charge is 0.490 e. The zero-order valence-electron chi connectivity index (χ0n) is 17.9. The van der Waals surface area contributed by atoms with Gasteiger partial charge in [0.05, 0.1) is 16.8 Å². The zero-order chi connectivity index (χ0) is 24.7. The number of carbonyl (C=O) groups excluding carboxylic acids is 1. The number of carbonyl (C=O) groups is 2. The van der Waals surface area contributed by atoms with E-state index >= 15 is 0 Å². The number of amides is 1. The lowest BCUT2D eigenvalue weighted by atomic mass is 10.0. The van der Waals surface area contributed by atoms with Gasteiger partial charge in [-0.2, -0.15) is 13.2 Å². The summed E-state index contributed by atoms with van der Waals surface area (Å²) in [6.45, 7) is 0.494. The standard InChI is InChI=1S/C22H18N4O.C2HF3O2/c1-26(15-16-5-4-10-24-14-16)22(27)19-13-21(17-8-11-23-12-9-17)25-20-7-3-2-6-18(19)20;3-2(4,5)1(6)7/h2-14H,15H2,1H3;(H,6,7). The van der Waals surface area contributed by atoms with Gasteiger partial charge in [0.15, 0.2) is 0 Å². The predicted octanol–water partition coefficient (Wildman–Crippen LogP) is 4.60. The van der Waals surface area contributed by atoms with Crippen molar-refractivity contribution in [3.05, 3.63) is 90.5 Å². The van der Waals surface area contributed by atoms with Crippen LogP contribution in [0.25, 0.3) is 22.2 Å². The topological polar surface area (TPSA) is 96.3 Å². The van der Waals surface area contributed by atoms with Gasteiger partial charge in [0, 0.05) is 49.3 Å². The highest BCUT2D eigenvalue weighted by Crippen LogP contribution is 2.25. The first-order valence-corrected chi connectivity index (χ1v) is 9.91. The number of benzene rings is 1. The summed E-state index contributed by atoms with van der Waals surface area (Å²) >= 11 is 0. The number of pyridine rings is 3. The first kappa shape index (κ1) is 24.3. The van der Waals surface area contributed by atoms with Crippen LogP contribution in [0.1, 0.15) is 15.9 Å². The highest BCUT2D eigenvalue weighted by molar-refractivity contribution is 6.07. The van der Waals surface area contributed by atoms with Gasteiger partial charge in [0.1, 0.15) is 0 Å². The van der Waals surface area contributed by atoms with Gasteiger partial charge < -0.3 is 10.0 Å². The Bertz CT molecular complexity index is 1280. The normalized spacial score (nSPS) is 10.8. The molecule has 0 spiro atoms. The van der Waals surface area contributed by atoms with Crippen molar-refractivity contribution in [1.29, 1.82) is 0 Å². The summed E-state index contributed by atoms with van der Waals surface area (Å²) in [6.07, 6.45) is 1.87. The molecule has 3 aromatic heterocycles. The summed E-state index contributed by atoms with van der Waals surface area (Å²) in [5.74, 6) is -2.81. The molecule has 0 radical (unpaired) electrons. The van der Waals surface area contributed by atoms with Crippen molar-refractivity contribution >= 4 is 22.8 Å². The van der Waals surface area contributed by atoms with E-state index < -0.39 is 12.1 Å². The van der Waals surface area contributed by atoms with Crippen LogP contribution < -0.4 is 0 Å². The monoisotopic (exact) mass is 468 g/mol. The highest BCUT2D eigenvalue weighted by atomic mass is 19.4. The number of rotatable bonds is 4. The SMILES string of the molecule is CN(Cc1cccnc1)C(=O)c1cc(-c2ccncc2)nc2ccccc12.O=C(O)C(F)(F)F. The fourth-order valence-corrected chi connectivity index (χ4v) is 3.07. The molecule has 0 saturated heterocycles. The van der Waals surface area contributed by atoms with E-state index in [0.717, 1.165) is 27.7 Å². The van der Waals surface area contributed by atoms with Gasteiger partial charge in [0.2, 0.25) is 0 Å². The van der Waals surface area contributed by atoms with E-state index in [1.165, 1.54) is 0 Å². The van der Waals surface area contributed by atoms with Crippen molar-refractivity contribution in [2.24, 2.45) is 0 Å². The van der Waals surface area contributed by atoms with E-state index in [1.807, 2.05) is 54.6 Å². The molecule has 0 aliphatic heterocycles. The van der Waals surface area contributed by atoms with Gasteiger partial charge in [-0.05, 0) is 35.9 Å². The Kier molecular flexibility index (Phi) is 7.52. The van der Waals surface area contributed by atoms with Gasteiger partial charge in [-0.1, -0.05) is 24.3 Å². The van der Waals surface area contributed by atoms with E-state index in [2.05, 4.69) is 9.97 Å². The Morgan fingerprint density at radius 1 is 0.971 bits per heavy atom. The molecule has 34 heavy (non-hydrogen) atoms. The van der Waals surface area contributed by atoms with Gasteiger partial charge >= 0.3 is 12.1 Å². The van der Waals surface area contributed by atoms with Gasteiger partial charge in [-0.15, -0.1) is 0 Å². The molecule has 174 valence electrons. The van der Waals surface area contributed by atoms with Crippen molar-refractivity contribution in [3.63, 3.8) is 0 Å². The van der Waals surface area contributed by atoms with Gasteiger partial charge in [-0.25, -0.2) is 9.78 Å². The number of carboxylic acid groups (broad SMARTS) is 1. The third-order valence-corrected chi connectivity index (χ3v) is 4.65. The lowest BCUT2D eigenvalue weighted by Crippen LogP contribution is -2.26. The third kappa shape index (κ3) is 6.12. The maximum atomic E-state index is 13.2. The number of aliphatic carboxylic acids is 1. The average Bonchev–Trinajstić information content (AvgIpc) is 2.84. The van der Waals surface area contributed by atoms with E-state index in [4.69, 9.17) is 14.9 Å². The van der Waals surface area contributed by atoms with E-state index in [0.29, 0.717) is 12.1 Å². The third-order valence-electron chi connectivity index (χ3n) is 4.65. The average molecular weight is 468 g/mol. The molecule has 10 heteroatoms. The first-order chi connectivity index (χ1) is 16.2. The van der Waals surface area contributed by atoms with Crippen molar-refractivity contribution in [2.45, 2.75) is 12.7 Å². The van der Waals surface area contributed by atoms with Crippen LogP contribution in [-0.4, -0.2) is 50.1 Å². The van der Waals surface area contributed by atoms with Crippen LogP contribution in [0.4, 0.5) is 13.2 Å². The molecule has 1 aromatic carbocycles. The van der Waals surface area contributed by atoms with E-state index in [1.54, 1.807) is 36.7 Å². The number of nitrogens with zero attached hydrogens (tertiary/aromatic N) is 4. The maximum absolute atomic E-state index is 13.2. The minimum atomic E-state index is -5.08. The maximum Gasteiger partial charge on any atom is 0.490 e. The van der Waals surface area contributed by atoms with Crippen LogP contribution >= 0.6 is 0 Å². The number of hydrogen-bond donors (Lipinski definition) is 1. The number of hydrogen-bond acceptors (Lipinski definition) is 5. The number of fused-ring (bicyclic) bond motifs is 1. The van der Waals surface area contributed by atoms with Crippen LogP contribution in [0.3, 0.4) is 0 Å². The lowest BCUT2D eigenvalue weighted by Gasteiger charge is -2.19. The molecule has 1 N–H and O–H groups in total.